The Kier molecular flexibility index (Phi) is 6.05. The van der Waals surface area contributed by atoms with Gasteiger partial charge in [-0.15, -0.1) is 0 Å². The summed E-state index contributed by atoms with van der Waals surface area (Å²) >= 11 is -1.84. The Hall–Kier alpha value is 0.330. The third-order valence-electron chi connectivity index (χ3n) is 1.53. The number of benzene rings is 1. The second kappa shape index (κ2) is 5.89. The first-order valence-electron chi connectivity index (χ1n) is 3.44. The van der Waals surface area contributed by atoms with E-state index in [0.717, 1.165) is 6.42 Å². The molecule has 1 N–H and O–H groups in total. The summed E-state index contributed by atoms with van der Waals surface area (Å²) in [4.78, 5) is 0.460. The van der Waals surface area contributed by atoms with Crippen molar-refractivity contribution in [1.82, 2.24) is 0 Å². The Bertz CT molecular complexity index is 258. The van der Waals surface area contributed by atoms with E-state index in [9.17, 15) is 4.21 Å². The molecule has 0 amide bonds. The Labute approximate surface area is 97.0 Å². The maximum atomic E-state index is 10.5. The molecule has 2 nitrogen and oxygen atoms in total. The SMILES string of the molecule is CCc1ccc(S(=O)O)cc1.[NaH]. The molecular formula is C8H11NaO2S. The van der Waals surface area contributed by atoms with Crippen molar-refractivity contribution in [3.8, 4) is 0 Å². The van der Waals surface area contributed by atoms with Gasteiger partial charge in [-0.2, -0.15) is 0 Å². The summed E-state index contributed by atoms with van der Waals surface area (Å²) in [5.74, 6) is 0. The van der Waals surface area contributed by atoms with Crippen LogP contribution in [0.25, 0.3) is 0 Å². The Morgan fingerprint density at radius 2 is 1.83 bits per heavy atom. The molecule has 12 heavy (non-hydrogen) atoms. The fourth-order valence-corrected chi connectivity index (χ4v) is 1.21. The molecule has 4 heteroatoms. The molecule has 0 bridgehead atoms. The van der Waals surface area contributed by atoms with Crippen molar-refractivity contribution >= 4 is 40.6 Å². The quantitative estimate of drug-likeness (QED) is 0.567. The zero-order valence-corrected chi connectivity index (χ0v) is 7.10. The Balaban J connectivity index is 0.00000121. The summed E-state index contributed by atoms with van der Waals surface area (Å²) in [7, 11) is 0. The van der Waals surface area contributed by atoms with E-state index < -0.39 is 11.1 Å². The zero-order valence-electron chi connectivity index (χ0n) is 6.28. The normalized spacial score (nSPS) is 11.8. The molecule has 0 saturated heterocycles. The average molecular weight is 194 g/mol. The van der Waals surface area contributed by atoms with Gasteiger partial charge in [0.2, 0.25) is 0 Å². The van der Waals surface area contributed by atoms with Gasteiger partial charge < -0.3 is 4.55 Å². The molecule has 1 atom stereocenters. The van der Waals surface area contributed by atoms with E-state index in [1.54, 1.807) is 12.1 Å². The number of rotatable bonds is 2. The van der Waals surface area contributed by atoms with Crippen LogP contribution in [0.2, 0.25) is 0 Å². The summed E-state index contributed by atoms with van der Waals surface area (Å²) in [5.41, 5.74) is 1.18. The van der Waals surface area contributed by atoms with Gasteiger partial charge in [0.15, 0.2) is 11.1 Å². The van der Waals surface area contributed by atoms with Crippen LogP contribution in [0.15, 0.2) is 29.2 Å². The summed E-state index contributed by atoms with van der Waals surface area (Å²) in [5, 5.41) is 0. The van der Waals surface area contributed by atoms with Gasteiger partial charge >= 0.3 is 29.6 Å². The number of aryl methyl sites for hydroxylation is 1. The Morgan fingerprint density at radius 1 is 1.33 bits per heavy atom. The predicted octanol–water partition coefficient (Wildman–Crippen LogP) is 1.18. The van der Waals surface area contributed by atoms with Crippen LogP contribution in [-0.2, 0) is 17.5 Å². The molecule has 1 rings (SSSR count). The van der Waals surface area contributed by atoms with Gasteiger partial charge in [0.1, 0.15) is 0 Å². The van der Waals surface area contributed by atoms with Gasteiger partial charge in [-0.25, -0.2) is 4.21 Å². The van der Waals surface area contributed by atoms with E-state index >= 15 is 0 Å². The minimum absolute atomic E-state index is 0. The monoisotopic (exact) mass is 194 g/mol. The fraction of sp³-hybridized carbons (Fsp3) is 0.250. The molecule has 1 aromatic carbocycles. The van der Waals surface area contributed by atoms with Crippen LogP contribution in [0.3, 0.4) is 0 Å². The van der Waals surface area contributed by atoms with Crippen molar-refractivity contribution in [3.05, 3.63) is 29.8 Å². The van der Waals surface area contributed by atoms with Gasteiger partial charge in [0, 0.05) is 0 Å². The molecule has 0 saturated carbocycles. The van der Waals surface area contributed by atoms with Crippen LogP contribution in [0, 0.1) is 0 Å². The minimum atomic E-state index is -1.84. The van der Waals surface area contributed by atoms with Crippen LogP contribution in [0.5, 0.6) is 0 Å². The Morgan fingerprint density at radius 3 is 2.17 bits per heavy atom. The van der Waals surface area contributed by atoms with E-state index in [1.807, 2.05) is 19.1 Å². The molecule has 0 heterocycles. The van der Waals surface area contributed by atoms with Crippen molar-refractivity contribution in [2.75, 3.05) is 0 Å². The summed E-state index contributed by atoms with van der Waals surface area (Å²) in [6, 6.07) is 7.08. The first-order valence-corrected chi connectivity index (χ1v) is 4.54. The molecule has 0 fully saturated rings. The summed E-state index contributed by atoms with van der Waals surface area (Å²) in [6.07, 6.45) is 0.957. The standard InChI is InChI=1S/C8H10O2S.Na.H/c1-2-7-3-5-8(6-4-7)11(9)10;;/h3-6H,2H2,1H3,(H,9,10);;. The first kappa shape index (κ1) is 12.3. The van der Waals surface area contributed by atoms with Crippen LogP contribution < -0.4 is 0 Å². The van der Waals surface area contributed by atoms with Crippen LogP contribution in [0.1, 0.15) is 12.5 Å². The van der Waals surface area contributed by atoms with Gasteiger partial charge in [-0.05, 0) is 24.1 Å². The maximum absolute atomic E-state index is 10.5. The molecule has 62 valence electrons. The molecule has 0 aromatic heterocycles. The number of hydrogen-bond donors (Lipinski definition) is 1. The van der Waals surface area contributed by atoms with E-state index in [1.165, 1.54) is 5.56 Å². The summed E-state index contributed by atoms with van der Waals surface area (Å²) in [6.45, 7) is 2.05. The van der Waals surface area contributed by atoms with Crippen molar-refractivity contribution < 1.29 is 8.76 Å². The third-order valence-corrected chi connectivity index (χ3v) is 2.21. The molecule has 0 radical (unpaired) electrons. The van der Waals surface area contributed by atoms with Crippen LogP contribution >= 0.6 is 0 Å². The molecule has 1 aromatic rings. The zero-order chi connectivity index (χ0) is 8.27. The summed E-state index contributed by atoms with van der Waals surface area (Å²) < 4.78 is 19.2. The third kappa shape index (κ3) is 3.37. The molecular weight excluding hydrogens is 183 g/mol. The van der Waals surface area contributed by atoms with Crippen molar-refractivity contribution in [1.29, 1.82) is 0 Å². The van der Waals surface area contributed by atoms with Crippen molar-refractivity contribution in [3.63, 3.8) is 0 Å². The van der Waals surface area contributed by atoms with E-state index in [2.05, 4.69) is 0 Å². The van der Waals surface area contributed by atoms with Crippen LogP contribution in [0.4, 0.5) is 0 Å². The van der Waals surface area contributed by atoms with E-state index in [-0.39, 0.29) is 29.6 Å². The molecule has 0 aliphatic heterocycles. The first-order chi connectivity index (χ1) is 5.24. The predicted molar refractivity (Wildman–Crippen MR) is 52.0 cm³/mol. The van der Waals surface area contributed by atoms with E-state index in [4.69, 9.17) is 4.55 Å². The average Bonchev–Trinajstić information content (AvgIpc) is 2.05. The molecule has 1 unspecified atom stereocenters. The molecule has 0 aliphatic rings. The fourth-order valence-electron chi connectivity index (χ4n) is 0.842. The van der Waals surface area contributed by atoms with E-state index in [0.29, 0.717) is 4.90 Å². The second-order valence-electron chi connectivity index (χ2n) is 2.25. The van der Waals surface area contributed by atoms with Crippen molar-refractivity contribution in [2.45, 2.75) is 18.2 Å². The topological polar surface area (TPSA) is 37.3 Å². The number of hydrogen-bond acceptors (Lipinski definition) is 1. The molecule has 0 spiro atoms. The van der Waals surface area contributed by atoms with Crippen molar-refractivity contribution in [2.24, 2.45) is 0 Å². The van der Waals surface area contributed by atoms with Gasteiger partial charge in [-0.1, -0.05) is 19.1 Å². The molecule has 0 aliphatic carbocycles. The second-order valence-corrected chi connectivity index (χ2v) is 3.22. The van der Waals surface area contributed by atoms with Crippen LogP contribution in [-0.4, -0.2) is 38.3 Å². The van der Waals surface area contributed by atoms with Gasteiger partial charge in [-0.3, -0.25) is 0 Å². The van der Waals surface area contributed by atoms with Gasteiger partial charge in [0.05, 0.1) is 4.90 Å². The van der Waals surface area contributed by atoms with Gasteiger partial charge in [0.25, 0.3) is 0 Å².